The summed E-state index contributed by atoms with van der Waals surface area (Å²) in [5, 5.41) is 9.12. The molecule has 4 aliphatic rings. The predicted octanol–water partition coefficient (Wildman–Crippen LogP) is 4.64. The van der Waals surface area contributed by atoms with Crippen LogP contribution in [0.25, 0.3) is 5.52 Å². The number of aromatic nitrogens is 1. The Balaban J connectivity index is 0.00000221. The second kappa shape index (κ2) is 16.0. The molecule has 1 aromatic carbocycles. The molecule has 3 aromatic rings. The first-order valence-electron chi connectivity index (χ1n) is 15.5. The number of nitrogens with zero attached hydrogens (tertiary/aromatic N) is 3. The molecule has 15 heteroatoms. The average Bonchev–Trinajstić information content (AvgIpc) is 3.68. The van der Waals surface area contributed by atoms with E-state index in [1.54, 1.807) is 64.3 Å². The van der Waals surface area contributed by atoms with Crippen molar-refractivity contribution in [2.24, 2.45) is 5.92 Å². The predicted molar refractivity (Wildman–Crippen MR) is 180 cm³/mol. The van der Waals surface area contributed by atoms with Gasteiger partial charge in [0, 0.05) is 49.7 Å². The number of hydrogen-bond acceptors (Lipinski definition) is 7. The van der Waals surface area contributed by atoms with Crippen LogP contribution in [0.15, 0.2) is 47.6 Å². The monoisotopic (exact) mass is 794 g/mol. The number of methoxy groups -OCH3 is 1. The molecule has 0 saturated carbocycles. The average molecular weight is 796 g/mol. The van der Waals surface area contributed by atoms with Crippen molar-refractivity contribution in [3.05, 3.63) is 53.7 Å². The molecule has 6 heterocycles. The van der Waals surface area contributed by atoms with E-state index in [-0.39, 0.29) is 53.2 Å². The number of pyridine rings is 1. The topological polar surface area (TPSA) is 90.3 Å². The van der Waals surface area contributed by atoms with Crippen LogP contribution in [0.5, 0.6) is 5.75 Å². The van der Waals surface area contributed by atoms with E-state index in [1.165, 1.54) is 17.7 Å². The number of ether oxygens (including phenoxy) is 1. The number of alkyl halides is 4. The summed E-state index contributed by atoms with van der Waals surface area (Å²) in [6.07, 6.45) is 1.16. The zero-order valence-electron chi connectivity index (χ0n) is 26.6. The Bertz CT molecular complexity index is 1690. The summed E-state index contributed by atoms with van der Waals surface area (Å²) >= 11 is 1.48. The van der Waals surface area contributed by atoms with Crippen molar-refractivity contribution >= 4 is 63.5 Å². The van der Waals surface area contributed by atoms with E-state index in [0.717, 1.165) is 0 Å². The summed E-state index contributed by atoms with van der Waals surface area (Å²) in [6.45, 7) is 2.58. The van der Waals surface area contributed by atoms with Gasteiger partial charge in [0.2, 0.25) is 5.91 Å². The second-order valence-corrected chi connectivity index (χ2v) is 12.6. The molecular weight excluding hydrogens is 758 g/mol. The molecule has 3 N–H and O–H groups in total. The number of nitrogens with one attached hydrogen (secondary N) is 3. The summed E-state index contributed by atoms with van der Waals surface area (Å²) in [4.78, 5) is 32.0. The molecule has 9 nitrogen and oxygen atoms in total. The Hall–Kier alpha value is -3.27. The van der Waals surface area contributed by atoms with Gasteiger partial charge in [-0.3, -0.25) is 9.59 Å². The van der Waals surface area contributed by atoms with Crippen LogP contribution in [0.1, 0.15) is 28.8 Å². The standard InChI is InChI=1S/C32H34F4N6O3S.CH3.Sb/c1-45-28-7-6-20-16-26(28)37-10-2-4-21-17-27-25(5-3-12-42(27)31(21)46-32(34,35)36)39-24-9-14-41(19-23(24)33)30(44)22-8-13-40(18-22)15-11-38-29(20)43;;/h3,5-7,12,16-17,22-24,37,39H,8-11,13-15,18-19H2,1H3,(H,38,43);1H3;. The van der Waals surface area contributed by atoms with Gasteiger partial charge in [-0.25, -0.2) is 4.39 Å². The number of halogens is 4. The Morgan fingerprint density at radius 3 is 2.58 bits per heavy atom. The summed E-state index contributed by atoms with van der Waals surface area (Å²) in [5.74, 6) is 5.62. The fourth-order valence-electron chi connectivity index (χ4n) is 6.26. The van der Waals surface area contributed by atoms with Crippen LogP contribution >= 0.6 is 11.8 Å². The first-order chi connectivity index (χ1) is 23.1. The number of amides is 2. The third-order valence-electron chi connectivity index (χ3n) is 8.56. The molecule has 4 atom stereocenters. The molecule has 2 fully saturated rings. The fraction of sp³-hybridized carbons (Fsp3) is 0.455. The maximum atomic E-state index is 15.5. The molecular formula is C33H37F4N6O3SSb. The third-order valence-corrected chi connectivity index (χ3v) is 9.40. The van der Waals surface area contributed by atoms with Crippen molar-refractivity contribution in [3.63, 3.8) is 0 Å². The molecule has 0 spiro atoms. The van der Waals surface area contributed by atoms with Crippen LogP contribution in [0.4, 0.5) is 28.9 Å². The number of hydrogen-bond donors (Lipinski definition) is 3. The molecule has 2 radical (unpaired) electrons. The number of anilines is 2. The molecule has 7 rings (SSSR count). The van der Waals surface area contributed by atoms with E-state index in [0.29, 0.717) is 73.8 Å². The molecule has 2 aromatic heterocycles. The van der Waals surface area contributed by atoms with Crippen LogP contribution in [-0.4, -0.2) is 120 Å². The number of rotatable bonds is 2. The molecule has 48 heavy (non-hydrogen) atoms. The van der Waals surface area contributed by atoms with E-state index in [2.05, 4.69) is 37.6 Å². The van der Waals surface area contributed by atoms with Crippen molar-refractivity contribution in [1.29, 1.82) is 0 Å². The van der Waals surface area contributed by atoms with Crippen molar-refractivity contribution < 1.29 is 31.9 Å². The van der Waals surface area contributed by atoms with Gasteiger partial charge in [0.15, 0.2) is 0 Å². The number of benzene rings is 1. The normalized spacial score (nSPS) is 23.2. The van der Waals surface area contributed by atoms with Crippen molar-refractivity contribution in [2.75, 3.05) is 63.6 Å². The first kappa shape index (κ1) is 36.0. The van der Waals surface area contributed by atoms with Crippen LogP contribution in [0.2, 0.25) is 4.87 Å². The van der Waals surface area contributed by atoms with Gasteiger partial charge < -0.3 is 34.9 Å². The minimum atomic E-state index is -4.57. The van der Waals surface area contributed by atoms with Crippen LogP contribution in [0, 0.1) is 17.8 Å². The minimum absolute atomic E-state index is 0.0596. The van der Waals surface area contributed by atoms with E-state index in [4.69, 9.17) is 4.74 Å². The van der Waals surface area contributed by atoms with Gasteiger partial charge >= 0.3 is 33.4 Å². The van der Waals surface area contributed by atoms with E-state index in [9.17, 15) is 22.8 Å². The Kier molecular flexibility index (Phi) is 12.0. The van der Waals surface area contributed by atoms with Gasteiger partial charge in [0.1, 0.15) is 16.9 Å². The number of carbonyl (C=O) groups excluding carboxylic acids is 2. The van der Waals surface area contributed by atoms with E-state index in [1.807, 2.05) is 0 Å². The zero-order chi connectivity index (χ0) is 34.4. The number of fused-ring (bicyclic) bond motifs is 7. The van der Waals surface area contributed by atoms with Crippen molar-refractivity contribution in [1.82, 2.24) is 19.5 Å². The summed E-state index contributed by atoms with van der Waals surface area (Å²) in [5.41, 5.74) is -2.60. The molecule has 8 bridgehead atoms. The number of piperidine rings is 1. The van der Waals surface area contributed by atoms with Gasteiger partial charge in [-0.1, -0.05) is 11.8 Å². The SMILES string of the molecule is COc1ccc2cc1NCC#Cc1cc3c(cccn3c1SC(F)(F)F)NC1CCN(CC1F)C(=O)C1CCN(CCNC2=O)C1.[CH3][Sb]. The van der Waals surface area contributed by atoms with Crippen LogP contribution in [0.3, 0.4) is 0 Å². The first-order valence-corrected chi connectivity index (χ1v) is 18.9. The van der Waals surface area contributed by atoms with Crippen molar-refractivity contribution in [2.45, 2.75) is 40.5 Å². The third kappa shape index (κ3) is 8.47. The summed E-state index contributed by atoms with van der Waals surface area (Å²) in [6, 6.07) is 9.17. The van der Waals surface area contributed by atoms with Crippen molar-refractivity contribution in [3.8, 4) is 17.6 Å². The fourth-order valence-corrected chi connectivity index (χ4v) is 6.95. The molecule has 4 aliphatic heterocycles. The second-order valence-electron chi connectivity index (χ2n) is 11.5. The summed E-state index contributed by atoms with van der Waals surface area (Å²) in [7, 11) is 1.49. The summed E-state index contributed by atoms with van der Waals surface area (Å²) < 4.78 is 63.3. The molecule has 2 amide bonds. The number of carbonyl (C=O) groups is 2. The van der Waals surface area contributed by atoms with Gasteiger partial charge in [-0.15, -0.1) is 0 Å². The number of thioether (sulfide) groups is 1. The quantitative estimate of drug-likeness (QED) is 0.151. The Morgan fingerprint density at radius 1 is 1.02 bits per heavy atom. The van der Waals surface area contributed by atoms with Gasteiger partial charge in [-0.2, -0.15) is 13.2 Å². The maximum absolute atomic E-state index is 15.5. The van der Waals surface area contributed by atoms with E-state index >= 15 is 4.39 Å². The molecule has 4 unspecified atom stereocenters. The Morgan fingerprint density at radius 2 is 1.83 bits per heavy atom. The Labute approximate surface area is 295 Å². The molecule has 2 saturated heterocycles. The van der Waals surface area contributed by atoms with Gasteiger partial charge in [0.05, 0.1) is 54.6 Å². The van der Waals surface area contributed by atoms with Gasteiger partial charge in [-0.05, 0) is 55.8 Å². The molecule has 0 aliphatic carbocycles. The van der Waals surface area contributed by atoms with E-state index < -0.39 is 17.7 Å². The zero-order valence-corrected chi connectivity index (χ0v) is 29.9. The van der Waals surface area contributed by atoms with Crippen LogP contribution < -0.4 is 20.7 Å². The molecule has 256 valence electrons. The van der Waals surface area contributed by atoms with Gasteiger partial charge in [0.25, 0.3) is 5.91 Å². The van der Waals surface area contributed by atoms with Crippen LogP contribution in [-0.2, 0) is 4.79 Å².